The van der Waals surface area contributed by atoms with Crippen molar-refractivity contribution in [2.45, 2.75) is 23.8 Å². The first-order valence-corrected chi connectivity index (χ1v) is 12.5. The monoisotopic (exact) mass is 517 g/mol. The highest BCUT2D eigenvalue weighted by atomic mass is 79.9. The molecular weight excluding hydrogens is 498 g/mol. The Morgan fingerprint density at radius 3 is 2.71 bits per heavy atom. The lowest BCUT2D eigenvalue weighted by molar-refractivity contribution is -0.119. The third kappa shape index (κ3) is 5.25. The quantitative estimate of drug-likeness (QED) is 0.447. The normalized spacial score (nSPS) is 15.7. The van der Waals surface area contributed by atoms with Gasteiger partial charge >= 0.3 is 6.03 Å². The highest BCUT2D eigenvalue weighted by molar-refractivity contribution is 9.10. The minimum atomic E-state index is -0.538. The molecule has 2 heterocycles. The minimum Gasteiger partial charge on any atom is -0.312 e. The average molecular weight is 518 g/mol. The smallest absolute Gasteiger partial charge is 0.312 e. The highest BCUT2D eigenvalue weighted by Gasteiger charge is 2.34. The van der Waals surface area contributed by atoms with Crippen molar-refractivity contribution in [1.82, 2.24) is 15.1 Å². The number of likely N-dealkylation sites (tertiary alicyclic amines) is 1. The lowest BCUT2D eigenvalue weighted by Crippen LogP contribution is -2.45. The number of nitrogens with one attached hydrogen (secondary N) is 2. The summed E-state index contributed by atoms with van der Waals surface area (Å²) in [6.45, 7) is 0.534. The molecule has 4 rings (SSSR count). The summed E-state index contributed by atoms with van der Waals surface area (Å²) in [5.41, 5.74) is 1.62. The molecule has 0 aliphatic carbocycles. The summed E-state index contributed by atoms with van der Waals surface area (Å²) in [5, 5.41) is 15.1. The summed E-state index contributed by atoms with van der Waals surface area (Å²) in [6, 6.07) is 14.5. The molecule has 1 fully saturated rings. The van der Waals surface area contributed by atoms with Crippen LogP contribution in [0.3, 0.4) is 0 Å². The molecule has 160 valence electrons. The van der Waals surface area contributed by atoms with E-state index in [1.807, 2.05) is 54.8 Å². The molecule has 7 nitrogen and oxygen atoms in total. The first-order valence-electron chi connectivity index (χ1n) is 9.65. The SMILES string of the molecule is CSc1ccc(NC(=O)N2CCCC2C(=O)Nc2nnc(-c3cccc(Br)c3)s2)cc1. The van der Waals surface area contributed by atoms with Crippen LogP contribution in [0.5, 0.6) is 0 Å². The fourth-order valence-corrected chi connectivity index (χ4v) is 4.90. The molecule has 2 N–H and O–H groups in total. The van der Waals surface area contributed by atoms with Crippen LogP contribution in [0.1, 0.15) is 12.8 Å². The van der Waals surface area contributed by atoms with E-state index in [0.717, 1.165) is 21.4 Å². The van der Waals surface area contributed by atoms with E-state index >= 15 is 0 Å². The average Bonchev–Trinajstić information content (AvgIpc) is 3.44. The number of amides is 3. The molecule has 3 amide bonds. The van der Waals surface area contributed by atoms with Gasteiger partial charge in [0.15, 0.2) is 0 Å². The van der Waals surface area contributed by atoms with Gasteiger partial charge in [0.25, 0.3) is 0 Å². The number of thioether (sulfide) groups is 1. The van der Waals surface area contributed by atoms with Crippen molar-refractivity contribution in [3.05, 3.63) is 53.0 Å². The van der Waals surface area contributed by atoms with Gasteiger partial charge in [0.1, 0.15) is 11.0 Å². The Labute approximate surface area is 196 Å². The van der Waals surface area contributed by atoms with Crippen LogP contribution in [-0.2, 0) is 4.79 Å². The van der Waals surface area contributed by atoms with Gasteiger partial charge in [-0.25, -0.2) is 4.79 Å². The maximum Gasteiger partial charge on any atom is 0.322 e. The van der Waals surface area contributed by atoms with E-state index in [0.29, 0.717) is 28.8 Å². The summed E-state index contributed by atoms with van der Waals surface area (Å²) in [5.74, 6) is -0.248. The van der Waals surface area contributed by atoms with Gasteiger partial charge in [0.2, 0.25) is 11.0 Å². The molecule has 1 unspecified atom stereocenters. The molecule has 3 aromatic rings. The van der Waals surface area contributed by atoms with E-state index in [4.69, 9.17) is 0 Å². The molecule has 1 atom stereocenters. The van der Waals surface area contributed by atoms with Crippen LogP contribution < -0.4 is 10.6 Å². The molecule has 31 heavy (non-hydrogen) atoms. The van der Waals surface area contributed by atoms with Gasteiger partial charge in [-0.3, -0.25) is 10.1 Å². The predicted octanol–water partition coefficient (Wildman–Crippen LogP) is 5.32. The van der Waals surface area contributed by atoms with Crippen molar-refractivity contribution in [1.29, 1.82) is 0 Å². The summed E-state index contributed by atoms with van der Waals surface area (Å²) < 4.78 is 0.946. The lowest BCUT2D eigenvalue weighted by atomic mass is 10.2. The van der Waals surface area contributed by atoms with Gasteiger partial charge in [0, 0.05) is 27.2 Å². The Morgan fingerprint density at radius 2 is 1.97 bits per heavy atom. The Morgan fingerprint density at radius 1 is 1.16 bits per heavy atom. The van der Waals surface area contributed by atoms with Gasteiger partial charge in [0.05, 0.1) is 0 Å². The van der Waals surface area contributed by atoms with E-state index in [2.05, 4.69) is 36.8 Å². The number of nitrogens with zero attached hydrogens (tertiary/aromatic N) is 3. The van der Waals surface area contributed by atoms with Crippen molar-refractivity contribution in [2.75, 3.05) is 23.4 Å². The first kappa shape index (κ1) is 21.8. The Kier molecular flexibility index (Phi) is 6.89. The molecule has 2 aromatic carbocycles. The Balaban J connectivity index is 1.40. The van der Waals surface area contributed by atoms with Crippen molar-refractivity contribution in [3.63, 3.8) is 0 Å². The van der Waals surface area contributed by atoms with E-state index in [1.54, 1.807) is 16.7 Å². The Hall–Kier alpha value is -2.43. The van der Waals surface area contributed by atoms with Crippen molar-refractivity contribution < 1.29 is 9.59 Å². The standard InChI is InChI=1S/C21H20BrN5O2S2/c1-30-16-9-7-15(8-10-16)23-21(29)27-11-3-6-17(27)18(28)24-20-26-25-19(31-20)13-4-2-5-14(22)12-13/h2,4-5,7-10,12,17H,3,6,11H2,1H3,(H,23,29)(H,24,26,28). The molecule has 1 aliphatic heterocycles. The number of carbonyl (C=O) groups is 2. The number of halogens is 1. The van der Waals surface area contributed by atoms with Crippen LogP contribution in [0.15, 0.2) is 57.9 Å². The molecule has 0 radical (unpaired) electrons. The van der Waals surface area contributed by atoms with Crippen LogP contribution in [-0.4, -0.2) is 45.9 Å². The maximum absolute atomic E-state index is 12.9. The highest BCUT2D eigenvalue weighted by Crippen LogP contribution is 2.29. The zero-order valence-electron chi connectivity index (χ0n) is 16.7. The zero-order chi connectivity index (χ0) is 21.8. The predicted molar refractivity (Wildman–Crippen MR) is 129 cm³/mol. The van der Waals surface area contributed by atoms with E-state index < -0.39 is 6.04 Å². The fourth-order valence-electron chi connectivity index (χ4n) is 3.35. The molecule has 0 spiro atoms. The number of aromatic nitrogens is 2. The van der Waals surface area contributed by atoms with Crippen LogP contribution >= 0.6 is 39.0 Å². The molecule has 1 aliphatic rings. The van der Waals surface area contributed by atoms with Crippen LogP contribution in [0, 0.1) is 0 Å². The van der Waals surface area contributed by atoms with Crippen molar-refractivity contribution in [2.24, 2.45) is 0 Å². The topological polar surface area (TPSA) is 87.2 Å². The summed E-state index contributed by atoms with van der Waals surface area (Å²) in [4.78, 5) is 28.3. The molecule has 10 heteroatoms. The number of carbonyl (C=O) groups excluding carboxylic acids is 2. The number of benzene rings is 2. The molecule has 0 bridgehead atoms. The molecular formula is C21H20BrN5O2S2. The lowest BCUT2D eigenvalue weighted by Gasteiger charge is -2.23. The van der Waals surface area contributed by atoms with Gasteiger partial charge in [-0.2, -0.15) is 0 Å². The molecule has 0 saturated carbocycles. The second-order valence-electron chi connectivity index (χ2n) is 6.92. The van der Waals surface area contributed by atoms with E-state index in [1.165, 1.54) is 11.3 Å². The number of hydrogen-bond donors (Lipinski definition) is 2. The second-order valence-corrected chi connectivity index (χ2v) is 9.69. The van der Waals surface area contributed by atoms with Gasteiger partial charge < -0.3 is 10.2 Å². The fraction of sp³-hybridized carbons (Fsp3) is 0.238. The van der Waals surface area contributed by atoms with Gasteiger partial charge in [-0.15, -0.1) is 22.0 Å². The third-order valence-corrected chi connectivity index (χ3v) is 7.01. The molecule has 1 saturated heterocycles. The van der Waals surface area contributed by atoms with Crippen LogP contribution in [0.4, 0.5) is 15.6 Å². The number of hydrogen-bond acceptors (Lipinski definition) is 6. The van der Waals surface area contributed by atoms with Crippen LogP contribution in [0.25, 0.3) is 10.6 Å². The zero-order valence-corrected chi connectivity index (χ0v) is 19.9. The van der Waals surface area contributed by atoms with Crippen LogP contribution in [0.2, 0.25) is 0 Å². The number of rotatable bonds is 5. The van der Waals surface area contributed by atoms with Gasteiger partial charge in [-0.05, 0) is 55.5 Å². The van der Waals surface area contributed by atoms with Gasteiger partial charge in [-0.1, -0.05) is 39.4 Å². The third-order valence-electron chi connectivity index (χ3n) is 4.88. The molecule has 1 aromatic heterocycles. The second kappa shape index (κ2) is 9.80. The van der Waals surface area contributed by atoms with Crippen molar-refractivity contribution in [3.8, 4) is 10.6 Å². The summed E-state index contributed by atoms with van der Waals surface area (Å²) in [6.07, 6.45) is 3.39. The largest absolute Gasteiger partial charge is 0.322 e. The van der Waals surface area contributed by atoms with Crippen molar-refractivity contribution >= 4 is 61.8 Å². The van der Waals surface area contributed by atoms with E-state index in [9.17, 15) is 9.59 Å². The maximum atomic E-state index is 12.9. The summed E-state index contributed by atoms with van der Waals surface area (Å²) in [7, 11) is 0. The Bertz CT molecular complexity index is 1090. The number of urea groups is 1. The first-order chi connectivity index (χ1) is 15.0. The van der Waals surface area contributed by atoms with E-state index in [-0.39, 0.29) is 11.9 Å². The number of anilines is 2. The summed E-state index contributed by atoms with van der Waals surface area (Å²) >= 11 is 6.39. The minimum absolute atomic E-state index is 0.248.